The first-order valence-electron chi connectivity index (χ1n) is 6.45. The lowest BCUT2D eigenvalue weighted by Crippen LogP contribution is -2.55. The van der Waals surface area contributed by atoms with E-state index in [1.165, 1.54) is 7.11 Å². The molecule has 19 heavy (non-hydrogen) atoms. The molecular weight excluding hydrogens is 248 g/mol. The molecular formula is C12H20N4O3. The molecule has 0 aliphatic carbocycles. The number of guanidine groups is 1. The Kier molecular flexibility index (Phi) is 4.36. The molecule has 0 saturated carbocycles. The van der Waals surface area contributed by atoms with Crippen LogP contribution in [0.3, 0.4) is 0 Å². The Hall–Kier alpha value is -1.63. The highest BCUT2D eigenvalue weighted by molar-refractivity contribution is 6.00. The zero-order valence-corrected chi connectivity index (χ0v) is 11.4. The molecule has 0 radical (unpaired) electrons. The molecule has 106 valence electrons. The van der Waals surface area contributed by atoms with Crippen molar-refractivity contribution < 1.29 is 14.3 Å². The first kappa shape index (κ1) is 13.8. The van der Waals surface area contributed by atoms with Gasteiger partial charge >= 0.3 is 5.97 Å². The Balaban J connectivity index is 1.92. The summed E-state index contributed by atoms with van der Waals surface area (Å²) in [5.41, 5.74) is 0. The number of carbonyl (C=O) groups excluding carboxylic acids is 2. The summed E-state index contributed by atoms with van der Waals surface area (Å²) in [5, 5.41) is 2.79. The van der Waals surface area contributed by atoms with Gasteiger partial charge in [0.15, 0.2) is 0 Å². The van der Waals surface area contributed by atoms with Crippen molar-refractivity contribution in [1.82, 2.24) is 15.1 Å². The molecule has 1 fully saturated rings. The second kappa shape index (κ2) is 6.01. The summed E-state index contributed by atoms with van der Waals surface area (Å²) < 4.78 is 4.57. The van der Waals surface area contributed by atoms with E-state index in [2.05, 4.69) is 31.9 Å². The first-order valence-corrected chi connectivity index (χ1v) is 6.45. The predicted molar refractivity (Wildman–Crippen MR) is 69.6 cm³/mol. The molecule has 2 aliphatic heterocycles. The fourth-order valence-corrected chi connectivity index (χ4v) is 2.17. The molecule has 0 aromatic carbocycles. The summed E-state index contributed by atoms with van der Waals surface area (Å²) in [6.07, 6.45) is 0.0852. The molecule has 0 bridgehead atoms. The number of rotatable bonds is 2. The fourth-order valence-electron chi connectivity index (χ4n) is 2.17. The third-order valence-corrected chi connectivity index (χ3v) is 3.51. The standard InChI is InChI=1S/C12H20N4O3/c1-15-3-5-16(6-4-15)12-13-8-9(11(18)14-12)7-10(17)19-2/h9H,3-8H2,1-2H3,(H,13,14,18)/t9-/m0/s1. The van der Waals surface area contributed by atoms with E-state index in [9.17, 15) is 9.59 Å². The van der Waals surface area contributed by atoms with Crippen molar-refractivity contribution in [2.75, 3.05) is 46.9 Å². The summed E-state index contributed by atoms with van der Waals surface area (Å²) >= 11 is 0. The number of methoxy groups -OCH3 is 1. The predicted octanol–water partition coefficient (Wildman–Crippen LogP) is -1.10. The van der Waals surface area contributed by atoms with Crippen LogP contribution in [0, 0.1) is 5.92 Å². The molecule has 7 nitrogen and oxygen atoms in total. The number of esters is 1. The van der Waals surface area contributed by atoms with Gasteiger partial charge in [-0.1, -0.05) is 0 Å². The number of hydrogen-bond donors (Lipinski definition) is 1. The Morgan fingerprint density at radius 3 is 2.68 bits per heavy atom. The van der Waals surface area contributed by atoms with Gasteiger partial charge < -0.3 is 14.5 Å². The van der Waals surface area contributed by atoms with E-state index in [0.29, 0.717) is 12.5 Å². The van der Waals surface area contributed by atoms with E-state index in [-0.39, 0.29) is 18.3 Å². The smallest absolute Gasteiger partial charge is 0.306 e. The summed E-state index contributed by atoms with van der Waals surface area (Å²) in [5.74, 6) is -0.296. The van der Waals surface area contributed by atoms with Gasteiger partial charge in [-0.3, -0.25) is 19.9 Å². The molecule has 2 heterocycles. The summed E-state index contributed by atoms with van der Waals surface area (Å²) in [6, 6.07) is 0. The van der Waals surface area contributed by atoms with Gasteiger partial charge in [0, 0.05) is 26.2 Å². The highest BCUT2D eigenvalue weighted by Gasteiger charge is 2.29. The maximum Gasteiger partial charge on any atom is 0.306 e. The van der Waals surface area contributed by atoms with E-state index in [1.54, 1.807) is 0 Å². The maximum atomic E-state index is 11.9. The van der Waals surface area contributed by atoms with Crippen molar-refractivity contribution in [2.24, 2.45) is 10.9 Å². The fraction of sp³-hybridized carbons (Fsp3) is 0.750. The molecule has 0 aromatic rings. The number of likely N-dealkylation sites (N-methyl/N-ethyl adjacent to an activating group) is 1. The average molecular weight is 268 g/mol. The van der Waals surface area contributed by atoms with Crippen LogP contribution in [0.5, 0.6) is 0 Å². The van der Waals surface area contributed by atoms with Crippen LogP contribution < -0.4 is 5.32 Å². The monoisotopic (exact) mass is 268 g/mol. The summed E-state index contributed by atoms with van der Waals surface area (Å²) in [6.45, 7) is 3.98. The van der Waals surface area contributed by atoms with Gasteiger partial charge in [-0.2, -0.15) is 0 Å². The molecule has 1 saturated heterocycles. The normalized spacial score (nSPS) is 24.7. The van der Waals surface area contributed by atoms with Crippen LogP contribution in [0.2, 0.25) is 0 Å². The van der Waals surface area contributed by atoms with Gasteiger partial charge in [-0.15, -0.1) is 0 Å². The minimum atomic E-state index is -0.413. The topological polar surface area (TPSA) is 74.2 Å². The van der Waals surface area contributed by atoms with E-state index in [1.807, 2.05) is 0 Å². The van der Waals surface area contributed by atoms with Gasteiger partial charge in [0.1, 0.15) is 0 Å². The lowest BCUT2D eigenvalue weighted by atomic mass is 10.0. The molecule has 2 aliphatic rings. The Morgan fingerprint density at radius 2 is 2.11 bits per heavy atom. The lowest BCUT2D eigenvalue weighted by molar-refractivity contribution is -0.144. The van der Waals surface area contributed by atoms with Crippen LogP contribution in [-0.2, 0) is 14.3 Å². The largest absolute Gasteiger partial charge is 0.469 e. The highest BCUT2D eigenvalue weighted by atomic mass is 16.5. The molecule has 1 atom stereocenters. The van der Waals surface area contributed by atoms with Gasteiger partial charge in [-0.25, -0.2) is 0 Å². The molecule has 1 N–H and O–H groups in total. The second-order valence-electron chi connectivity index (χ2n) is 4.92. The van der Waals surface area contributed by atoms with E-state index >= 15 is 0 Å². The van der Waals surface area contributed by atoms with Crippen molar-refractivity contribution in [2.45, 2.75) is 6.42 Å². The van der Waals surface area contributed by atoms with Crippen LogP contribution >= 0.6 is 0 Å². The quantitative estimate of drug-likeness (QED) is 0.643. The van der Waals surface area contributed by atoms with Crippen molar-refractivity contribution in [3.05, 3.63) is 0 Å². The number of nitrogens with zero attached hydrogens (tertiary/aromatic N) is 3. The number of nitrogens with one attached hydrogen (secondary N) is 1. The minimum absolute atomic E-state index is 0.0852. The van der Waals surface area contributed by atoms with Crippen molar-refractivity contribution in [1.29, 1.82) is 0 Å². The van der Waals surface area contributed by atoms with Crippen LogP contribution in [0.15, 0.2) is 4.99 Å². The second-order valence-corrected chi connectivity index (χ2v) is 4.92. The van der Waals surface area contributed by atoms with Crippen LogP contribution in [-0.4, -0.2) is 74.5 Å². The first-order chi connectivity index (χ1) is 9.10. The van der Waals surface area contributed by atoms with Crippen LogP contribution in [0.4, 0.5) is 0 Å². The maximum absolute atomic E-state index is 11.9. The van der Waals surface area contributed by atoms with Gasteiger partial charge in [0.05, 0.1) is 26.0 Å². The Labute approximate surface area is 112 Å². The molecule has 0 spiro atoms. The third kappa shape index (κ3) is 3.44. The molecule has 7 heteroatoms. The number of aliphatic imine (C=N–C) groups is 1. The van der Waals surface area contributed by atoms with E-state index in [0.717, 1.165) is 26.2 Å². The van der Waals surface area contributed by atoms with Gasteiger partial charge in [0.25, 0.3) is 0 Å². The van der Waals surface area contributed by atoms with Crippen LogP contribution in [0.1, 0.15) is 6.42 Å². The van der Waals surface area contributed by atoms with E-state index < -0.39 is 5.92 Å². The van der Waals surface area contributed by atoms with Crippen molar-refractivity contribution in [3.8, 4) is 0 Å². The number of ether oxygens (including phenoxy) is 1. The highest BCUT2D eigenvalue weighted by Crippen LogP contribution is 2.11. The third-order valence-electron chi connectivity index (χ3n) is 3.51. The van der Waals surface area contributed by atoms with E-state index in [4.69, 9.17) is 0 Å². The number of hydrogen-bond acceptors (Lipinski definition) is 6. The minimum Gasteiger partial charge on any atom is -0.469 e. The van der Waals surface area contributed by atoms with Crippen LogP contribution in [0.25, 0.3) is 0 Å². The Bertz CT molecular complexity index is 388. The zero-order chi connectivity index (χ0) is 13.8. The van der Waals surface area contributed by atoms with Gasteiger partial charge in [0.2, 0.25) is 11.9 Å². The molecule has 0 unspecified atom stereocenters. The summed E-state index contributed by atoms with van der Waals surface area (Å²) in [7, 11) is 3.40. The lowest BCUT2D eigenvalue weighted by Gasteiger charge is -2.36. The number of amides is 1. The number of carbonyl (C=O) groups is 2. The molecule has 2 rings (SSSR count). The van der Waals surface area contributed by atoms with Crippen molar-refractivity contribution >= 4 is 17.8 Å². The molecule has 0 aromatic heterocycles. The van der Waals surface area contributed by atoms with Gasteiger partial charge in [-0.05, 0) is 7.05 Å². The summed E-state index contributed by atoms with van der Waals surface area (Å²) in [4.78, 5) is 31.8. The zero-order valence-electron chi connectivity index (χ0n) is 11.4. The molecule has 1 amide bonds. The average Bonchev–Trinajstić information content (AvgIpc) is 2.41. The SMILES string of the molecule is COC(=O)C[C@H]1CN=C(N2CCN(C)CC2)NC1=O. The number of piperazine rings is 1. The van der Waals surface area contributed by atoms with Crippen molar-refractivity contribution in [3.63, 3.8) is 0 Å². The Morgan fingerprint density at radius 1 is 1.42 bits per heavy atom.